The highest BCUT2D eigenvalue weighted by Crippen LogP contribution is 2.35. The van der Waals surface area contributed by atoms with E-state index in [1.807, 2.05) is 18.2 Å². The number of H-pyrrole nitrogens is 1. The van der Waals surface area contributed by atoms with E-state index in [0.29, 0.717) is 11.4 Å². The number of aromatic nitrogens is 4. The van der Waals surface area contributed by atoms with E-state index in [2.05, 4.69) is 20.1 Å². The Morgan fingerprint density at radius 3 is 2.62 bits per heavy atom. The first-order chi connectivity index (χ1) is 13.8. The molecule has 10 heteroatoms. The van der Waals surface area contributed by atoms with Gasteiger partial charge in [-0.3, -0.25) is 0 Å². The zero-order valence-electron chi connectivity index (χ0n) is 15.3. The van der Waals surface area contributed by atoms with Crippen molar-refractivity contribution in [1.29, 1.82) is 0 Å². The van der Waals surface area contributed by atoms with Crippen LogP contribution in [0.4, 0.5) is 13.2 Å². The van der Waals surface area contributed by atoms with Crippen molar-refractivity contribution in [2.45, 2.75) is 19.2 Å². The van der Waals surface area contributed by atoms with Crippen LogP contribution in [0.2, 0.25) is 0 Å². The Bertz CT molecular complexity index is 1150. The molecule has 0 aliphatic carbocycles. The smallest absolute Gasteiger partial charge is 0.425 e. The minimum Gasteiger partial charge on any atom is -0.493 e. The van der Waals surface area contributed by atoms with Crippen LogP contribution >= 0.6 is 0 Å². The summed E-state index contributed by atoms with van der Waals surface area (Å²) in [5.41, 5.74) is 2.85. The SMILES string of the molecule is COc1cc(-c2nc(-c3ccc4nc[nH]c4c3)no2)ccc1OC(C)C(F)(F)F. The number of nitrogens with zero attached hydrogens (tertiary/aromatic N) is 3. The molecule has 2 heterocycles. The van der Waals surface area contributed by atoms with E-state index in [4.69, 9.17) is 14.0 Å². The van der Waals surface area contributed by atoms with Crippen LogP contribution in [0.1, 0.15) is 6.92 Å². The highest BCUT2D eigenvalue weighted by Gasteiger charge is 2.38. The van der Waals surface area contributed by atoms with Gasteiger partial charge < -0.3 is 19.0 Å². The first-order valence-electron chi connectivity index (χ1n) is 8.54. The van der Waals surface area contributed by atoms with E-state index in [0.717, 1.165) is 23.5 Å². The molecule has 0 aliphatic rings. The lowest BCUT2D eigenvalue weighted by molar-refractivity contribution is -0.189. The van der Waals surface area contributed by atoms with Gasteiger partial charge in [-0.25, -0.2) is 4.98 Å². The lowest BCUT2D eigenvalue weighted by Gasteiger charge is -2.19. The number of methoxy groups -OCH3 is 1. The molecule has 0 bridgehead atoms. The Morgan fingerprint density at radius 2 is 1.86 bits per heavy atom. The molecular weight excluding hydrogens is 389 g/mol. The van der Waals surface area contributed by atoms with Gasteiger partial charge in [0.1, 0.15) is 0 Å². The van der Waals surface area contributed by atoms with E-state index < -0.39 is 12.3 Å². The molecule has 29 heavy (non-hydrogen) atoms. The molecular formula is C19H15F3N4O3. The fourth-order valence-electron chi connectivity index (χ4n) is 2.69. The molecule has 2 aromatic carbocycles. The predicted molar refractivity (Wildman–Crippen MR) is 97.5 cm³/mol. The Hall–Kier alpha value is -3.56. The molecule has 150 valence electrons. The third-order valence-electron chi connectivity index (χ3n) is 4.28. The Kier molecular flexibility index (Phi) is 4.61. The van der Waals surface area contributed by atoms with Gasteiger partial charge in [-0.2, -0.15) is 18.2 Å². The van der Waals surface area contributed by atoms with E-state index in [9.17, 15) is 13.2 Å². The number of halogens is 3. The minimum atomic E-state index is -4.49. The number of imidazole rings is 1. The molecule has 1 atom stereocenters. The second-order valence-corrected chi connectivity index (χ2v) is 6.22. The molecule has 0 saturated carbocycles. The summed E-state index contributed by atoms with van der Waals surface area (Å²) in [6, 6.07) is 9.86. The van der Waals surface area contributed by atoms with E-state index in [1.54, 1.807) is 6.33 Å². The van der Waals surface area contributed by atoms with Crippen LogP contribution in [0.15, 0.2) is 47.2 Å². The van der Waals surface area contributed by atoms with Gasteiger partial charge in [0, 0.05) is 11.1 Å². The summed E-state index contributed by atoms with van der Waals surface area (Å²) in [5.74, 6) is 0.641. The van der Waals surface area contributed by atoms with Crippen LogP contribution in [-0.2, 0) is 0 Å². The van der Waals surface area contributed by atoms with Gasteiger partial charge in [-0.15, -0.1) is 0 Å². The maximum absolute atomic E-state index is 12.8. The number of alkyl halides is 3. The second-order valence-electron chi connectivity index (χ2n) is 6.22. The summed E-state index contributed by atoms with van der Waals surface area (Å²) in [6.45, 7) is 0.925. The summed E-state index contributed by atoms with van der Waals surface area (Å²) in [7, 11) is 1.34. The monoisotopic (exact) mass is 404 g/mol. The molecule has 1 N–H and O–H groups in total. The van der Waals surface area contributed by atoms with Crippen molar-refractivity contribution in [3.63, 3.8) is 0 Å². The minimum absolute atomic E-state index is 0.0366. The van der Waals surface area contributed by atoms with Crippen molar-refractivity contribution >= 4 is 11.0 Å². The first kappa shape index (κ1) is 18.8. The number of rotatable bonds is 5. The van der Waals surface area contributed by atoms with Gasteiger partial charge in [0.2, 0.25) is 5.82 Å². The second kappa shape index (κ2) is 7.12. The van der Waals surface area contributed by atoms with E-state index in [1.165, 1.54) is 25.3 Å². The average molecular weight is 404 g/mol. The quantitative estimate of drug-likeness (QED) is 0.522. The van der Waals surface area contributed by atoms with Crippen LogP contribution in [0.5, 0.6) is 11.5 Å². The summed E-state index contributed by atoms with van der Waals surface area (Å²) < 4.78 is 53.7. The highest BCUT2D eigenvalue weighted by molar-refractivity contribution is 5.80. The van der Waals surface area contributed by atoms with Gasteiger partial charge in [0.05, 0.1) is 24.5 Å². The van der Waals surface area contributed by atoms with Crippen LogP contribution in [-0.4, -0.2) is 39.5 Å². The largest absolute Gasteiger partial charge is 0.493 e. The lowest BCUT2D eigenvalue weighted by atomic mass is 10.2. The van der Waals surface area contributed by atoms with E-state index in [-0.39, 0.29) is 17.4 Å². The van der Waals surface area contributed by atoms with Crippen molar-refractivity contribution in [2.24, 2.45) is 0 Å². The first-order valence-corrected chi connectivity index (χ1v) is 8.54. The van der Waals surface area contributed by atoms with Crippen molar-refractivity contribution in [1.82, 2.24) is 20.1 Å². The number of hydrogen-bond donors (Lipinski definition) is 1. The van der Waals surface area contributed by atoms with Crippen LogP contribution in [0.25, 0.3) is 33.9 Å². The van der Waals surface area contributed by atoms with Crippen molar-refractivity contribution in [3.8, 4) is 34.3 Å². The number of ether oxygens (including phenoxy) is 2. The third kappa shape index (κ3) is 3.73. The molecule has 4 aromatic rings. The molecule has 4 rings (SSSR count). The standard InChI is InChI=1S/C19H15F3N4O3/c1-10(19(20,21)22)28-15-6-4-12(8-16(15)27-2)18-25-17(26-29-18)11-3-5-13-14(7-11)24-9-23-13/h3-10H,1-2H3,(H,23,24). The van der Waals surface area contributed by atoms with Crippen LogP contribution in [0, 0.1) is 0 Å². The third-order valence-corrected chi connectivity index (χ3v) is 4.28. The topological polar surface area (TPSA) is 86.1 Å². The van der Waals surface area contributed by atoms with Crippen molar-refractivity contribution < 1.29 is 27.2 Å². The summed E-state index contributed by atoms with van der Waals surface area (Å²) in [5, 5.41) is 3.97. The lowest BCUT2D eigenvalue weighted by Crippen LogP contribution is -2.31. The summed E-state index contributed by atoms with van der Waals surface area (Å²) >= 11 is 0. The number of benzene rings is 2. The normalized spacial score (nSPS) is 12.9. The molecule has 7 nitrogen and oxygen atoms in total. The zero-order valence-corrected chi connectivity index (χ0v) is 15.3. The fraction of sp³-hybridized carbons (Fsp3) is 0.211. The fourth-order valence-corrected chi connectivity index (χ4v) is 2.69. The van der Waals surface area contributed by atoms with Crippen molar-refractivity contribution in [2.75, 3.05) is 7.11 Å². The molecule has 0 fully saturated rings. The number of fused-ring (bicyclic) bond motifs is 1. The highest BCUT2D eigenvalue weighted by atomic mass is 19.4. The Balaban J connectivity index is 1.62. The maximum atomic E-state index is 12.8. The van der Waals surface area contributed by atoms with Gasteiger partial charge in [-0.1, -0.05) is 5.16 Å². The zero-order chi connectivity index (χ0) is 20.6. The predicted octanol–water partition coefficient (Wildman–Crippen LogP) is 4.62. The van der Waals surface area contributed by atoms with Gasteiger partial charge >= 0.3 is 6.18 Å². The summed E-state index contributed by atoms with van der Waals surface area (Å²) in [4.78, 5) is 11.5. The number of aromatic amines is 1. The van der Waals surface area contributed by atoms with Crippen LogP contribution < -0.4 is 9.47 Å². The molecule has 0 aliphatic heterocycles. The average Bonchev–Trinajstić information content (AvgIpc) is 3.36. The molecule has 0 spiro atoms. The molecule has 0 radical (unpaired) electrons. The van der Waals surface area contributed by atoms with Crippen LogP contribution in [0.3, 0.4) is 0 Å². The summed E-state index contributed by atoms with van der Waals surface area (Å²) in [6.07, 6.45) is -4.87. The van der Waals surface area contributed by atoms with E-state index >= 15 is 0 Å². The Morgan fingerprint density at radius 1 is 1.07 bits per heavy atom. The molecule has 0 saturated heterocycles. The van der Waals surface area contributed by atoms with Gasteiger partial charge in [0.15, 0.2) is 17.6 Å². The van der Waals surface area contributed by atoms with Gasteiger partial charge in [-0.05, 0) is 43.3 Å². The number of nitrogens with one attached hydrogen (secondary N) is 1. The number of hydrogen-bond acceptors (Lipinski definition) is 6. The van der Waals surface area contributed by atoms with Gasteiger partial charge in [0.25, 0.3) is 5.89 Å². The maximum Gasteiger partial charge on any atom is 0.425 e. The Labute approximate surface area is 162 Å². The molecule has 1 unspecified atom stereocenters. The molecule has 0 amide bonds. The van der Waals surface area contributed by atoms with Crippen molar-refractivity contribution in [3.05, 3.63) is 42.7 Å². The molecule has 2 aromatic heterocycles.